The molecular formula is C14H13Cl2NO4. The van der Waals surface area contributed by atoms with E-state index in [1.807, 2.05) is 13.8 Å². The van der Waals surface area contributed by atoms with Gasteiger partial charge in [0.15, 0.2) is 0 Å². The second kappa shape index (κ2) is 5.66. The fraction of sp³-hybridized carbons (Fsp3) is 0.357. The summed E-state index contributed by atoms with van der Waals surface area (Å²) in [5, 5.41) is 10.5. The number of ether oxygens (including phenoxy) is 1. The summed E-state index contributed by atoms with van der Waals surface area (Å²) in [7, 11) is 0. The van der Waals surface area contributed by atoms with E-state index in [2.05, 4.69) is 0 Å². The summed E-state index contributed by atoms with van der Waals surface area (Å²) in [6.07, 6.45) is 1.63. The van der Waals surface area contributed by atoms with Crippen LogP contribution in [0.15, 0.2) is 34.8 Å². The van der Waals surface area contributed by atoms with Gasteiger partial charge in [0, 0.05) is 12.1 Å². The van der Waals surface area contributed by atoms with Crippen LogP contribution in [0.25, 0.3) is 0 Å². The molecule has 1 saturated carbocycles. The van der Waals surface area contributed by atoms with E-state index in [1.54, 1.807) is 6.08 Å². The van der Waals surface area contributed by atoms with Crippen LogP contribution in [-0.2, 0) is 4.79 Å². The molecule has 1 aliphatic carbocycles. The third-order valence-corrected chi connectivity index (χ3v) is 3.99. The molecule has 1 aromatic rings. The van der Waals surface area contributed by atoms with Crippen LogP contribution in [0.2, 0.25) is 0 Å². The van der Waals surface area contributed by atoms with Gasteiger partial charge in [-0.25, -0.2) is 0 Å². The summed E-state index contributed by atoms with van der Waals surface area (Å²) < 4.78 is 5.37. The van der Waals surface area contributed by atoms with Crippen LogP contribution >= 0.6 is 23.2 Å². The number of benzene rings is 1. The molecule has 0 amide bonds. The first-order chi connectivity index (χ1) is 9.73. The van der Waals surface area contributed by atoms with Gasteiger partial charge in [-0.05, 0) is 29.5 Å². The zero-order chi connectivity index (χ0) is 15.8. The summed E-state index contributed by atoms with van der Waals surface area (Å²) in [5.41, 5.74) is -0.330. The summed E-state index contributed by atoms with van der Waals surface area (Å²) in [4.78, 5) is 22.2. The molecule has 0 bridgehead atoms. The van der Waals surface area contributed by atoms with E-state index in [-0.39, 0.29) is 33.2 Å². The number of non-ortho nitro benzene ring substituents is 1. The van der Waals surface area contributed by atoms with Crippen LogP contribution < -0.4 is 4.74 Å². The largest absolute Gasteiger partial charge is 0.426 e. The van der Waals surface area contributed by atoms with Crippen molar-refractivity contribution in [3.8, 4) is 5.75 Å². The van der Waals surface area contributed by atoms with Gasteiger partial charge in [0.1, 0.15) is 10.2 Å². The van der Waals surface area contributed by atoms with Gasteiger partial charge in [-0.2, -0.15) is 0 Å². The minimum atomic E-state index is -0.515. The molecule has 0 aromatic heterocycles. The molecule has 0 N–H and O–H groups in total. The van der Waals surface area contributed by atoms with Crippen molar-refractivity contribution in [2.75, 3.05) is 0 Å². The first-order valence-electron chi connectivity index (χ1n) is 6.22. The number of carbonyl (C=O) groups excluding carboxylic acids is 1. The Morgan fingerprint density at radius 3 is 2.38 bits per heavy atom. The van der Waals surface area contributed by atoms with Crippen molar-refractivity contribution in [2.45, 2.75) is 13.8 Å². The lowest BCUT2D eigenvalue weighted by Crippen LogP contribution is -2.13. The predicted octanol–water partition coefficient (Wildman–Crippen LogP) is 4.09. The second-order valence-electron chi connectivity index (χ2n) is 5.45. The lowest BCUT2D eigenvalue weighted by atomic mass is 10.1. The average molecular weight is 330 g/mol. The monoisotopic (exact) mass is 329 g/mol. The summed E-state index contributed by atoms with van der Waals surface area (Å²) in [6, 6.07) is 5.36. The zero-order valence-electron chi connectivity index (χ0n) is 11.4. The smallest absolute Gasteiger partial charge is 0.315 e. The Bertz CT molecular complexity index is 606. The zero-order valence-corrected chi connectivity index (χ0v) is 12.9. The predicted molar refractivity (Wildman–Crippen MR) is 79.3 cm³/mol. The van der Waals surface area contributed by atoms with Gasteiger partial charge in [-0.15, -0.1) is 0 Å². The molecule has 112 valence electrons. The number of rotatable bonds is 4. The van der Waals surface area contributed by atoms with E-state index in [0.29, 0.717) is 0 Å². The lowest BCUT2D eigenvalue weighted by Gasteiger charge is -2.04. The van der Waals surface area contributed by atoms with Crippen molar-refractivity contribution in [1.29, 1.82) is 0 Å². The maximum atomic E-state index is 12.1. The van der Waals surface area contributed by atoms with Crippen LogP contribution in [0.1, 0.15) is 13.8 Å². The molecule has 5 nitrogen and oxygen atoms in total. The third kappa shape index (κ3) is 3.36. The van der Waals surface area contributed by atoms with Crippen molar-refractivity contribution < 1.29 is 14.5 Å². The summed E-state index contributed by atoms with van der Waals surface area (Å²) >= 11 is 11.3. The van der Waals surface area contributed by atoms with Gasteiger partial charge in [0.25, 0.3) is 5.69 Å². The minimum Gasteiger partial charge on any atom is -0.426 e. The Balaban J connectivity index is 2.05. The molecule has 0 radical (unpaired) electrons. The fourth-order valence-electron chi connectivity index (χ4n) is 2.39. The molecule has 0 aliphatic heterocycles. The lowest BCUT2D eigenvalue weighted by molar-refractivity contribution is -0.384. The Morgan fingerprint density at radius 2 is 1.90 bits per heavy atom. The number of nitro groups is 1. The van der Waals surface area contributed by atoms with E-state index in [0.717, 1.165) is 0 Å². The third-order valence-electron chi connectivity index (χ3n) is 3.74. The Morgan fingerprint density at radius 1 is 1.33 bits per heavy atom. The highest BCUT2D eigenvalue weighted by Crippen LogP contribution is 2.60. The molecular weight excluding hydrogens is 317 g/mol. The first-order valence-corrected chi connectivity index (χ1v) is 6.98. The first kappa shape index (κ1) is 15.8. The van der Waals surface area contributed by atoms with Gasteiger partial charge in [0.05, 0.1) is 10.8 Å². The number of allylic oxidation sites excluding steroid dienone is 1. The molecule has 2 rings (SSSR count). The number of hydrogen-bond donors (Lipinski definition) is 0. The molecule has 21 heavy (non-hydrogen) atoms. The van der Waals surface area contributed by atoms with Crippen LogP contribution in [0.3, 0.4) is 0 Å². The molecule has 1 aliphatic rings. The number of halogens is 2. The van der Waals surface area contributed by atoms with Crippen molar-refractivity contribution in [3.05, 3.63) is 44.9 Å². The topological polar surface area (TPSA) is 69.4 Å². The van der Waals surface area contributed by atoms with Gasteiger partial charge in [0.2, 0.25) is 0 Å². The van der Waals surface area contributed by atoms with Crippen LogP contribution in [0.5, 0.6) is 5.75 Å². The van der Waals surface area contributed by atoms with Gasteiger partial charge in [-0.3, -0.25) is 14.9 Å². The average Bonchev–Trinajstić information content (AvgIpc) is 2.90. The SMILES string of the molecule is CC1(C)[C@H](C(=O)Oc2ccc([N+](=O)[O-])cc2)[C@@H]1C=C(Cl)Cl. The second-order valence-corrected chi connectivity index (χ2v) is 6.46. The molecule has 7 heteroatoms. The van der Waals surface area contributed by atoms with E-state index < -0.39 is 10.9 Å². The minimum absolute atomic E-state index is 0.0590. The van der Waals surface area contributed by atoms with Crippen molar-refractivity contribution in [1.82, 2.24) is 0 Å². The number of carbonyl (C=O) groups is 1. The Labute approximate surface area is 131 Å². The van der Waals surface area contributed by atoms with E-state index in [4.69, 9.17) is 27.9 Å². The Hall–Kier alpha value is -1.59. The maximum Gasteiger partial charge on any atom is 0.315 e. The van der Waals surface area contributed by atoms with Gasteiger partial charge >= 0.3 is 5.97 Å². The standard InChI is InChI=1S/C14H13Cl2NO4/c1-14(2)10(7-11(15)16)12(14)13(18)21-9-5-3-8(4-6-9)17(19)20/h3-7,10,12H,1-2H3/t10-,12-/m0/s1. The van der Waals surface area contributed by atoms with Gasteiger partial charge < -0.3 is 4.74 Å². The van der Waals surface area contributed by atoms with E-state index in [9.17, 15) is 14.9 Å². The highest BCUT2D eigenvalue weighted by atomic mass is 35.5. The van der Waals surface area contributed by atoms with Crippen molar-refractivity contribution >= 4 is 34.9 Å². The maximum absolute atomic E-state index is 12.1. The summed E-state index contributed by atoms with van der Waals surface area (Å²) in [6.45, 7) is 3.85. The molecule has 0 saturated heterocycles. The van der Waals surface area contributed by atoms with E-state index >= 15 is 0 Å². The molecule has 0 heterocycles. The Kier molecular flexibility index (Phi) is 4.25. The van der Waals surface area contributed by atoms with Crippen LogP contribution in [0, 0.1) is 27.4 Å². The number of nitro benzene ring substituents is 1. The molecule has 2 atom stereocenters. The quantitative estimate of drug-likeness (QED) is 0.361. The molecule has 0 unspecified atom stereocenters. The van der Waals surface area contributed by atoms with E-state index in [1.165, 1.54) is 24.3 Å². The van der Waals surface area contributed by atoms with Gasteiger partial charge in [-0.1, -0.05) is 37.0 Å². The molecule has 0 spiro atoms. The summed E-state index contributed by atoms with van der Waals surface area (Å²) in [5.74, 6) is -0.536. The normalized spacial score (nSPS) is 22.3. The van der Waals surface area contributed by atoms with Crippen LogP contribution in [0.4, 0.5) is 5.69 Å². The number of hydrogen-bond acceptors (Lipinski definition) is 4. The molecule has 1 fully saturated rings. The van der Waals surface area contributed by atoms with Crippen LogP contribution in [-0.4, -0.2) is 10.9 Å². The number of nitrogens with zero attached hydrogens (tertiary/aromatic N) is 1. The number of esters is 1. The van der Waals surface area contributed by atoms with Crippen molar-refractivity contribution in [3.63, 3.8) is 0 Å². The highest BCUT2D eigenvalue weighted by Gasteiger charge is 2.61. The van der Waals surface area contributed by atoms with Crippen molar-refractivity contribution in [2.24, 2.45) is 17.3 Å². The highest BCUT2D eigenvalue weighted by molar-refractivity contribution is 6.55. The fourth-order valence-corrected chi connectivity index (χ4v) is 2.66. The molecule has 1 aromatic carbocycles.